The van der Waals surface area contributed by atoms with E-state index in [-0.39, 0.29) is 17.3 Å². The number of benzene rings is 1. The van der Waals surface area contributed by atoms with Gasteiger partial charge in [-0.1, -0.05) is 24.6 Å². The molecular formula is C15H21FO3S. The Hall–Kier alpha value is -0.940. The second kappa shape index (κ2) is 5.82. The fraction of sp³-hybridized carbons (Fsp3) is 0.600. The van der Waals surface area contributed by atoms with Crippen LogP contribution in [0.2, 0.25) is 0 Å². The average Bonchev–Trinajstić information content (AvgIpc) is 2.40. The van der Waals surface area contributed by atoms with Gasteiger partial charge in [-0.3, -0.25) is 0 Å². The van der Waals surface area contributed by atoms with Gasteiger partial charge in [0, 0.05) is 11.8 Å². The maximum absolute atomic E-state index is 14.1. The summed E-state index contributed by atoms with van der Waals surface area (Å²) >= 11 is 0. The molecule has 0 heterocycles. The van der Waals surface area contributed by atoms with E-state index in [0.717, 1.165) is 12.8 Å². The molecule has 0 aliphatic heterocycles. The second-order valence-corrected chi connectivity index (χ2v) is 8.13. The monoisotopic (exact) mass is 300 g/mol. The molecule has 0 aromatic heterocycles. The Balaban J connectivity index is 2.21. The zero-order chi connectivity index (χ0) is 14.9. The molecular weight excluding hydrogens is 279 g/mol. The van der Waals surface area contributed by atoms with Crippen LogP contribution in [0.15, 0.2) is 18.2 Å². The molecule has 112 valence electrons. The van der Waals surface area contributed by atoms with Gasteiger partial charge in [0.15, 0.2) is 0 Å². The first-order chi connectivity index (χ1) is 9.30. The smallest absolute Gasteiger partial charge is 0.150 e. The molecule has 0 saturated heterocycles. The molecule has 0 amide bonds. The van der Waals surface area contributed by atoms with Crippen molar-refractivity contribution in [3.63, 3.8) is 0 Å². The minimum absolute atomic E-state index is 0.195. The van der Waals surface area contributed by atoms with Crippen LogP contribution in [-0.2, 0) is 9.84 Å². The Morgan fingerprint density at radius 3 is 2.70 bits per heavy atom. The van der Waals surface area contributed by atoms with Gasteiger partial charge in [0.2, 0.25) is 0 Å². The van der Waals surface area contributed by atoms with Crippen LogP contribution in [0.5, 0.6) is 0 Å². The van der Waals surface area contributed by atoms with Crippen LogP contribution >= 0.6 is 0 Å². The molecule has 3 unspecified atom stereocenters. The fourth-order valence-electron chi connectivity index (χ4n) is 3.01. The minimum atomic E-state index is -3.10. The molecule has 1 saturated carbocycles. The van der Waals surface area contributed by atoms with Gasteiger partial charge >= 0.3 is 0 Å². The fourth-order valence-corrected chi connectivity index (χ4v) is 4.20. The molecule has 5 heteroatoms. The maximum Gasteiger partial charge on any atom is 0.150 e. The number of aliphatic hydroxyl groups excluding tert-OH is 1. The van der Waals surface area contributed by atoms with Gasteiger partial charge in [0.1, 0.15) is 15.7 Å². The molecule has 3 nitrogen and oxygen atoms in total. The number of halogens is 1. The Morgan fingerprint density at radius 2 is 2.05 bits per heavy atom. The zero-order valence-corrected chi connectivity index (χ0v) is 12.7. The summed E-state index contributed by atoms with van der Waals surface area (Å²) < 4.78 is 37.4. The third-order valence-electron chi connectivity index (χ3n) is 4.26. The van der Waals surface area contributed by atoms with E-state index in [1.54, 1.807) is 25.1 Å². The van der Waals surface area contributed by atoms with Gasteiger partial charge in [0.25, 0.3) is 0 Å². The molecule has 2 rings (SSSR count). The average molecular weight is 300 g/mol. The summed E-state index contributed by atoms with van der Waals surface area (Å²) in [6.45, 7) is 1.66. The molecule has 0 spiro atoms. The first-order valence-corrected chi connectivity index (χ1v) is 8.88. The van der Waals surface area contributed by atoms with Crippen molar-refractivity contribution in [2.24, 2.45) is 5.92 Å². The van der Waals surface area contributed by atoms with E-state index < -0.39 is 21.2 Å². The van der Waals surface area contributed by atoms with Crippen molar-refractivity contribution in [1.29, 1.82) is 0 Å². The maximum atomic E-state index is 14.1. The van der Waals surface area contributed by atoms with Crippen molar-refractivity contribution in [3.8, 4) is 0 Å². The summed E-state index contributed by atoms with van der Waals surface area (Å²) in [5.74, 6) is -0.582. The third kappa shape index (κ3) is 3.20. The summed E-state index contributed by atoms with van der Waals surface area (Å²) in [5.41, 5.74) is 0.779. The summed E-state index contributed by atoms with van der Waals surface area (Å²) in [4.78, 5) is 0. The number of rotatable bonds is 3. The standard InChI is InChI=1S/C15H21FO3S/c1-10-5-3-8-13(14(10)16)15(17)11-6-4-7-12(9-11)20(2,18)19/h3,5,8,11-12,15,17H,4,6-7,9H2,1-2H3. The minimum Gasteiger partial charge on any atom is -0.388 e. The van der Waals surface area contributed by atoms with E-state index in [2.05, 4.69) is 0 Å². The second-order valence-electron chi connectivity index (χ2n) is 5.80. The first kappa shape index (κ1) is 15.4. The Bertz CT molecular complexity index is 583. The summed E-state index contributed by atoms with van der Waals surface area (Å²) in [6, 6.07) is 4.95. The van der Waals surface area contributed by atoms with Crippen molar-refractivity contribution >= 4 is 9.84 Å². The van der Waals surface area contributed by atoms with E-state index in [1.165, 1.54) is 6.26 Å². The third-order valence-corrected chi connectivity index (χ3v) is 5.90. The SMILES string of the molecule is Cc1cccc(C(O)C2CCCC(S(C)(=O)=O)C2)c1F. The van der Waals surface area contributed by atoms with Crippen molar-refractivity contribution in [2.45, 2.75) is 44.0 Å². The Morgan fingerprint density at radius 1 is 1.35 bits per heavy atom. The van der Waals surface area contributed by atoms with Crippen molar-refractivity contribution in [3.05, 3.63) is 35.1 Å². The number of hydrogen-bond donors (Lipinski definition) is 1. The van der Waals surface area contributed by atoms with Gasteiger partial charge in [-0.15, -0.1) is 0 Å². The van der Waals surface area contributed by atoms with Gasteiger partial charge < -0.3 is 5.11 Å². The van der Waals surface area contributed by atoms with Crippen LogP contribution in [0, 0.1) is 18.7 Å². The number of aliphatic hydroxyl groups is 1. The van der Waals surface area contributed by atoms with Crippen molar-refractivity contribution in [2.75, 3.05) is 6.26 Å². The summed E-state index contributed by atoms with van der Waals surface area (Å²) in [6.07, 6.45) is 2.85. The molecule has 1 N–H and O–H groups in total. The predicted molar refractivity (Wildman–Crippen MR) is 76.7 cm³/mol. The van der Waals surface area contributed by atoms with Gasteiger partial charge in [-0.2, -0.15) is 0 Å². The van der Waals surface area contributed by atoms with Crippen LogP contribution in [0.25, 0.3) is 0 Å². The van der Waals surface area contributed by atoms with E-state index in [9.17, 15) is 17.9 Å². The highest BCUT2D eigenvalue weighted by Crippen LogP contribution is 2.37. The molecule has 1 aliphatic carbocycles. The van der Waals surface area contributed by atoms with Gasteiger partial charge in [-0.25, -0.2) is 12.8 Å². The van der Waals surface area contributed by atoms with E-state index in [1.807, 2.05) is 0 Å². The molecule has 0 bridgehead atoms. The highest BCUT2D eigenvalue weighted by atomic mass is 32.2. The number of aryl methyl sites for hydroxylation is 1. The molecule has 0 radical (unpaired) electrons. The lowest BCUT2D eigenvalue weighted by molar-refractivity contribution is 0.0824. The van der Waals surface area contributed by atoms with Gasteiger partial charge in [-0.05, 0) is 37.7 Å². The van der Waals surface area contributed by atoms with Crippen LogP contribution in [0.3, 0.4) is 0 Å². The lowest BCUT2D eigenvalue weighted by atomic mass is 9.82. The first-order valence-electron chi connectivity index (χ1n) is 6.92. The highest BCUT2D eigenvalue weighted by Gasteiger charge is 2.33. The lowest BCUT2D eigenvalue weighted by Gasteiger charge is -2.31. The van der Waals surface area contributed by atoms with E-state index in [0.29, 0.717) is 18.4 Å². The predicted octanol–water partition coefficient (Wildman–Crippen LogP) is 2.77. The molecule has 1 aliphatic rings. The van der Waals surface area contributed by atoms with Crippen molar-refractivity contribution < 1.29 is 17.9 Å². The number of hydrogen-bond acceptors (Lipinski definition) is 3. The number of sulfone groups is 1. The zero-order valence-electron chi connectivity index (χ0n) is 11.8. The molecule has 3 atom stereocenters. The lowest BCUT2D eigenvalue weighted by Crippen LogP contribution is -2.30. The molecule has 1 fully saturated rings. The Labute approximate surface area is 119 Å². The van der Waals surface area contributed by atoms with E-state index in [4.69, 9.17) is 0 Å². The van der Waals surface area contributed by atoms with Crippen LogP contribution in [-0.4, -0.2) is 25.0 Å². The highest BCUT2D eigenvalue weighted by molar-refractivity contribution is 7.91. The van der Waals surface area contributed by atoms with Crippen molar-refractivity contribution in [1.82, 2.24) is 0 Å². The van der Waals surface area contributed by atoms with Crippen LogP contribution in [0.1, 0.15) is 42.9 Å². The molecule has 20 heavy (non-hydrogen) atoms. The molecule has 1 aromatic carbocycles. The van der Waals surface area contributed by atoms with Crippen LogP contribution in [0.4, 0.5) is 4.39 Å². The summed E-state index contributed by atoms with van der Waals surface area (Å²) in [5, 5.41) is 9.99. The van der Waals surface area contributed by atoms with E-state index >= 15 is 0 Å². The van der Waals surface area contributed by atoms with Crippen LogP contribution < -0.4 is 0 Å². The molecule has 1 aromatic rings. The Kier molecular flexibility index (Phi) is 4.49. The normalized spacial score (nSPS) is 25.4. The quantitative estimate of drug-likeness (QED) is 0.934. The van der Waals surface area contributed by atoms with Gasteiger partial charge in [0.05, 0.1) is 11.4 Å². The topological polar surface area (TPSA) is 54.4 Å². The summed E-state index contributed by atoms with van der Waals surface area (Å²) in [7, 11) is -3.10. The largest absolute Gasteiger partial charge is 0.388 e.